The molecule has 0 spiro atoms. The van der Waals surface area contributed by atoms with Crippen LogP contribution in [0.15, 0.2) is 41.5 Å². The van der Waals surface area contributed by atoms with E-state index < -0.39 is 11.4 Å². The minimum atomic E-state index is -0.522. The molecule has 0 fully saturated rings. The summed E-state index contributed by atoms with van der Waals surface area (Å²) in [5.41, 5.74) is 1.92. The number of nitrogens with zero attached hydrogens (tertiary/aromatic N) is 4. The highest BCUT2D eigenvalue weighted by atomic mass is 19.1. The molecule has 4 rings (SSSR count). The lowest BCUT2D eigenvalue weighted by atomic mass is 10.1. The van der Waals surface area contributed by atoms with E-state index in [0.717, 1.165) is 16.1 Å². The molecule has 0 aliphatic carbocycles. The SMILES string of the molecule is COc1ccc(-c2ccc(=O)n(CC(=O)N3CCc4nc[nH]c4C3)n2)c(F)c1. The van der Waals surface area contributed by atoms with Crippen LogP contribution in [0.5, 0.6) is 5.75 Å². The highest BCUT2D eigenvalue weighted by molar-refractivity contribution is 5.76. The molecule has 144 valence electrons. The van der Waals surface area contributed by atoms with Crippen LogP contribution in [0, 0.1) is 5.82 Å². The Kier molecular flexibility index (Phi) is 4.64. The number of hydrogen-bond acceptors (Lipinski definition) is 5. The van der Waals surface area contributed by atoms with Crippen LogP contribution in [0.4, 0.5) is 4.39 Å². The van der Waals surface area contributed by atoms with Gasteiger partial charge in [0.2, 0.25) is 5.91 Å². The van der Waals surface area contributed by atoms with Gasteiger partial charge < -0.3 is 14.6 Å². The second-order valence-electron chi connectivity index (χ2n) is 6.45. The van der Waals surface area contributed by atoms with E-state index in [1.54, 1.807) is 17.3 Å². The fourth-order valence-electron chi connectivity index (χ4n) is 3.19. The summed E-state index contributed by atoms with van der Waals surface area (Å²) >= 11 is 0. The quantitative estimate of drug-likeness (QED) is 0.734. The van der Waals surface area contributed by atoms with Gasteiger partial charge in [-0.2, -0.15) is 5.10 Å². The fourth-order valence-corrected chi connectivity index (χ4v) is 3.19. The topological polar surface area (TPSA) is 93.1 Å². The lowest BCUT2D eigenvalue weighted by Crippen LogP contribution is -2.40. The predicted octanol–water partition coefficient (Wildman–Crippen LogP) is 1.37. The number of benzene rings is 1. The third-order valence-corrected chi connectivity index (χ3v) is 4.73. The maximum atomic E-state index is 14.3. The first-order valence-electron chi connectivity index (χ1n) is 8.76. The number of amides is 1. The van der Waals surface area contributed by atoms with Crippen molar-refractivity contribution in [2.24, 2.45) is 0 Å². The van der Waals surface area contributed by atoms with Gasteiger partial charge in [-0.3, -0.25) is 9.59 Å². The number of methoxy groups -OCH3 is 1. The summed E-state index contributed by atoms with van der Waals surface area (Å²) < 4.78 is 20.4. The Morgan fingerprint density at radius 3 is 2.96 bits per heavy atom. The van der Waals surface area contributed by atoms with Crippen LogP contribution in [0.25, 0.3) is 11.3 Å². The summed E-state index contributed by atoms with van der Waals surface area (Å²) in [5, 5.41) is 4.18. The molecule has 2 aromatic heterocycles. The third kappa shape index (κ3) is 3.38. The van der Waals surface area contributed by atoms with E-state index in [2.05, 4.69) is 15.1 Å². The third-order valence-electron chi connectivity index (χ3n) is 4.73. The minimum absolute atomic E-state index is 0.214. The number of aromatic amines is 1. The Hall–Kier alpha value is -3.49. The van der Waals surface area contributed by atoms with Crippen LogP contribution in [-0.4, -0.2) is 44.2 Å². The number of H-pyrrole nitrogens is 1. The molecule has 1 aliphatic heterocycles. The molecule has 0 saturated heterocycles. The van der Waals surface area contributed by atoms with Crippen molar-refractivity contribution in [3.8, 4) is 17.0 Å². The molecule has 0 saturated carbocycles. The molecule has 0 bridgehead atoms. The molecule has 1 aliphatic rings. The monoisotopic (exact) mass is 383 g/mol. The number of carbonyl (C=O) groups is 1. The van der Waals surface area contributed by atoms with Crippen molar-refractivity contribution in [3.05, 3.63) is 64.2 Å². The van der Waals surface area contributed by atoms with Gasteiger partial charge in [0.15, 0.2) is 0 Å². The van der Waals surface area contributed by atoms with E-state index in [-0.39, 0.29) is 23.7 Å². The van der Waals surface area contributed by atoms with Gasteiger partial charge in [-0.15, -0.1) is 0 Å². The highest BCUT2D eigenvalue weighted by Gasteiger charge is 2.23. The van der Waals surface area contributed by atoms with Crippen molar-refractivity contribution in [1.29, 1.82) is 0 Å². The standard InChI is InChI=1S/C19H18FN5O3/c1-28-12-2-3-13(14(20)8-12)15-4-5-18(26)25(23-15)10-19(27)24-7-6-16-17(9-24)22-11-21-16/h2-5,8,11H,6-7,9-10H2,1H3,(H,21,22). The molecular weight excluding hydrogens is 365 g/mol. The maximum Gasteiger partial charge on any atom is 0.267 e. The zero-order chi connectivity index (χ0) is 19.7. The fraction of sp³-hybridized carbons (Fsp3) is 0.263. The first-order valence-corrected chi connectivity index (χ1v) is 8.76. The molecular formula is C19H18FN5O3. The van der Waals surface area contributed by atoms with Gasteiger partial charge in [0.25, 0.3) is 5.56 Å². The van der Waals surface area contributed by atoms with Crippen LogP contribution in [-0.2, 0) is 24.3 Å². The summed E-state index contributed by atoms with van der Waals surface area (Å²) in [6, 6.07) is 7.09. The van der Waals surface area contributed by atoms with Crippen LogP contribution < -0.4 is 10.3 Å². The second-order valence-corrected chi connectivity index (χ2v) is 6.45. The van der Waals surface area contributed by atoms with E-state index in [9.17, 15) is 14.0 Å². The van der Waals surface area contributed by atoms with Crippen LogP contribution in [0.1, 0.15) is 11.4 Å². The second kappa shape index (κ2) is 7.26. The first kappa shape index (κ1) is 17.9. The molecule has 3 aromatic rings. The van der Waals surface area contributed by atoms with Crippen molar-refractivity contribution in [1.82, 2.24) is 24.6 Å². The number of hydrogen-bond donors (Lipinski definition) is 1. The number of ether oxygens (including phenoxy) is 1. The van der Waals surface area contributed by atoms with E-state index in [4.69, 9.17) is 4.74 Å². The van der Waals surface area contributed by atoms with Crippen LogP contribution in [0.2, 0.25) is 0 Å². The van der Waals surface area contributed by atoms with Gasteiger partial charge in [0, 0.05) is 30.7 Å². The average molecular weight is 383 g/mol. The Morgan fingerprint density at radius 1 is 1.32 bits per heavy atom. The van der Waals surface area contributed by atoms with E-state index in [1.165, 1.54) is 31.4 Å². The zero-order valence-electron chi connectivity index (χ0n) is 15.2. The lowest BCUT2D eigenvalue weighted by Gasteiger charge is -2.26. The van der Waals surface area contributed by atoms with Gasteiger partial charge in [-0.05, 0) is 18.2 Å². The van der Waals surface area contributed by atoms with Gasteiger partial charge >= 0.3 is 0 Å². The Balaban J connectivity index is 1.56. The van der Waals surface area contributed by atoms with Crippen molar-refractivity contribution < 1.29 is 13.9 Å². The zero-order valence-corrected chi connectivity index (χ0v) is 15.2. The summed E-state index contributed by atoms with van der Waals surface area (Å²) in [4.78, 5) is 33.7. The first-order chi connectivity index (χ1) is 13.5. The maximum absolute atomic E-state index is 14.3. The van der Waals surface area contributed by atoms with Gasteiger partial charge in [-0.25, -0.2) is 14.1 Å². The van der Waals surface area contributed by atoms with Crippen molar-refractivity contribution >= 4 is 5.91 Å². The summed E-state index contributed by atoms with van der Waals surface area (Å²) in [5.74, 6) is -0.374. The van der Waals surface area contributed by atoms with Gasteiger partial charge in [-0.1, -0.05) is 0 Å². The Bertz CT molecular complexity index is 1090. The van der Waals surface area contributed by atoms with E-state index in [0.29, 0.717) is 25.3 Å². The molecule has 1 N–H and O–H groups in total. The van der Waals surface area contributed by atoms with E-state index in [1.807, 2.05) is 0 Å². The molecule has 9 heteroatoms. The number of aromatic nitrogens is 4. The van der Waals surface area contributed by atoms with Crippen molar-refractivity contribution in [2.45, 2.75) is 19.5 Å². The largest absolute Gasteiger partial charge is 0.497 e. The average Bonchev–Trinajstić information content (AvgIpc) is 3.17. The molecule has 3 heterocycles. The Labute approximate surface area is 159 Å². The molecule has 0 unspecified atom stereocenters. The number of halogens is 1. The van der Waals surface area contributed by atoms with Crippen molar-refractivity contribution in [2.75, 3.05) is 13.7 Å². The number of nitrogens with one attached hydrogen (secondary N) is 1. The molecule has 0 atom stereocenters. The van der Waals surface area contributed by atoms with Crippen LogP contribution in [0.3, 0.4) is 0 Å². The molecule has 8 nitrogen and oxygen atoms in total. The number of rotatable bonds is 4. The smallest absolute Gasteiger partial charge is 0.267 e. The predicted molar refractivity (Wildman–Crippen MR) is 98.2 cm³/mol. The Morgan fingerprint density at radius 2 is 2.18 bits per heavy atom. The van der Waals surface area contributed by atoms with Gasteiger partial charge in [0.1, 0.15) is 18.1 Å². The van der Waals surface area contributed by atoms with Gasteiger partial charge in [0.05, 0.1) is 37.1 Å². The molecule has 1 amide bonds. The molecule has 28 heavy (non-hydrogen) atoms. The number of carbonyl (C=O) groups excluding carboxylic acids is 1. The van der Waals surface area contributed by atoms with E-state index >= 15 is 0 Å². The summed E-state index contributed by atoms with van der Waals surface area (Å²) in [7, 11) is 1.45. The van der Waals surface area contributed by atoms with Crippen molar-refractivity contribution in [3.63, 3.8) is 0 Å². The number of fused-ring (bicyclic) bond motifs is 1. The summed E-state index contributed by atoms with van der Waals surface area (Å²) in [6.07, 6.45) is 2.27. The molecule has 1 aromatic carbocycles. The van der Waals surface area contributed by atoms with Crippen LogP contribution >= 0.6 is 0 Å². The molecule has 0 radical (unpaired) electrons. The minimum Gasteiger partial charge on any atom is -0.497 e. The normalized spacial score (nSPS) is 13.3. The lowest BCUT2D eigenvalue weighted by molar-refractivity contribution is -0.133. The highest BCUT2D eigenvalue weighted by Crippen LogP contribution is 2.24. The summed E-state index contributed by atoms with van der Waals surface area (Å²) in [6.45, 7) is 0.724. The number of imidazole rings is 1.